The van der Waals surface area contributed by atoms with Crippen molar-refractivity contribution in [3.8, 4) is 0 Å². The number of nitrogens with one attached hydrogen (secondary N) is 2. The number of hydrogen-bond acceptors (Lipinski definition) is 3. The zero-order valence-electron chi connectivity index (χ0n) is 10.0. The molecule has 0 saturated carbocycles. The first-order valence-electron chi connectivity index (χ1n) is 5.51. The summed E-state index contributed by atoms with van der Waals surface area (Å²) in [5.74, 6) is -1.20. The van der Waals surface area contributed by atoms with E-state index in [4.69, 9.17) is 0 Å². The molecule has 0 aliphatic heterocycles. The highest BCUT2D eigenvalue weighted by molar-refractivity contribution is 5.19. The number of benzene rings is 1. The summed E-state index contributed by atoms with van der Waals surface area (Å²) in [6, 6.07) is 3.14. The van der Waals surface area contributed by atoms with Crippen LogP contribution in [0.4, 0.5) is 8.78 Å². The summed E-state index contributed by atoms with van der Waals surface area (Å²) in [6.45, 7) is 0.420. The molecule has 0 heterocycles. The van der Waals surface area contributed by atoms with Gasteiger partial charge < -0.3 is 15.7 Å². The summed E-state index contributed by atoms with van der Waals surface area (Å²) in [4.78, 5) is 0. The first-order valence-corrected chi connectivity index (χ1v) is 5.51. The van der Waals surface area contributed by atoms with Gasteiger partial charge in [0, 0.05) is 18.7 Å². The summed E-state index contributed by atoms with van der Waals surface area (Å²) in [5.41, 5.74) is 0.525. The topological polar surface area (TPSA) is 44.3 Å². The van der Waals surface area contributed by atoms with Gasteiger partial charge in [0.05, 0.1) is 6.10 Å². The molecule has 3 nitrogen and oxygen atoms in total. The minimum Gasteiger partial charge on any atom is -0.390 e. The Kier molecular flexibility index (Phi) is 5.47. The molecule has 0 amide bonds. The van der Waals surface area contributed by atoms with Crippen LogP contribution < -0.4 is 10.6 Å². The van der Waals surface area contributed by atoms with Crippen LogP contribution >= 0.6 is 0 Å². The highest BCUT2D eigenvalue weighted by Crippen LogP contribution is 2.11. The van der Waals surface area contributed by atoms with Crippen molar-refractivity contribution < 1.29 is 13.9 Å². The van der Waals surface area contributed by atoms with E-state index in [2.05, 4.69) is 10.6 Å². The fourth-order valence-corrected chi connectivity index (χ4v) is 1.76. The lowest BCUT2D eigenvalue weighted by Gasteiger charge is -2.22. The number of halogens is 2. The molecule has 0 aromatic heterocycles. The first-order chi connectivity index (χ1) is 8.06. The number of aliphatic hydroxyl groups excluding tert-OH is 1. The Morgan fingerprint density at radius 3 is 2.24 bits per heavy atom. The number of rotatable bonds is 6. The van der Waals surface area contributed by atoms with Gasteiger partial charge in [-0.05, 0) is 38.2 Å². The van der Waals surface area contributed by atoms with Crippen molar-refractivity contribution in [1.82, 2.24) is 10.6 Å². The van der Waals surface area contributed by atoms with E-state index in [9.17, 15) is 13.9 Å². The van der Waals surface area contributed by atoms with Gasteiger partial charge in [-0.3, -0.25) is 0 Å². The Morgan fingerprint density at radius 2 is 1.76 bits per heavy atom. The van der Waals surface area contributed by atoms with Crippen LogP contribution in [0.25, 0.3) is 0 Å². The summed E-state index contributed by atoms with van der Waals surface area (Å²) in [6.07, 6.45) is -0.245. The molecule has 0 aliphatic carbocycles. The zero-order chi connectivity index (χ0) is 12.8. The Hall–Kier alpha value is -1.04. The SMILES string of the molecule is CNC[C@@H](O)[C@H](Cc1cc(F)cc(F)c1)NC. The van der Waals surface area contributed by atoms with Crippen molar-refractivity contribution in [1.29, 1.82) is 0 Å². The summed E-state index contributed by atoms with van der Waals surface area (Å²) < 4.78 is 26.0. The van der Waals surface area contributed by atoms with Gasteiger partial charge in [0.1, 0.15) is 11.6 Å². The van der Waals surface area contributed by atoms with Crippen molar-refractivity contribution in [3.05, 3.63) is 35.4 Å². The van der Waals surface area contributed by atoms with Gasteiger partial charge in [0.25, 0.3) is 0 Å². The van der Waals surface area contributed by atoms with Crippen LogP contribution in [-0.4, -0.2) is 37.9 Å². The average molecular weight is 244 g/mol. The average Bonchev–Trinajstić information content (AvgIpc) is 2.24. The minimum absolute atomic E-state index is 0.247. The highest BCUT2D eigenvalue weighted by Gasteiger charge is 2.17. The van der Waals surface area contributed by atoms with E-state index >= 15 is 0 Å². The molecular formula is C12H18F2N2O. The highest BCUT2D eigenvalue weighted by atomic mass is 19.1. The van der Waals surface area contributed by atoms with Gasteiger partial charge in [-0.25, -0.2) is 8.78 Å². The third-order valence-electron chi connectivity index (χ3n) is 2.63. The van der Waals surface area contributed by atoms with Gasteiger partial charge in [0.2, 0.25) is 0 Å². The van der Waals surface area contributed by atoms with Crippen molar-refractivity contribution in [2.75, 3.05) is 20.6 Å². The second-order valence-electron chi connectivity index (χ2n) is 4.00. The molecule has 0 saturated heterocycles. The van der Waals surface area contributed by atoms with E-state index in [0.29, 0.717) is 18.5 Å². The maximum Gasteiger partial charge on any atom is 0.126 e. The molecule has 3 N–H and O–H groups in total. The molecule has 0 radical (unpaired) electrons. The molecule has 5 heteroatoms. The van der Waals surface area contributed by atoms with Crippen LogP contribution in [0.15, 0.2) is 18.2 Å². The molecule has 0 unspecified atom stereocenters. The quantitative estimate of drug-likeness (QED) is 0.689. The number of likely N-dealkylation sites (N-methyl/N-ethyl adjacent to an activating group) is 2. The Bertz CT molecular complexity index is 340. The molecule has 1 rings (SSSR count). The van der Waals surface area contributed by atoms with Crippen LogP contribution in [0, 0.1) is 11.6 Å². The van der Waals surface area contributed by atoms with Crippen LogP contribution in [0.1, 0.15) is 5.56 Å². The predicted molar refractivity (Wildman–Crippen MR) is 62.8 cm³/mol. The lowest BCUT2D eigenvalue weighted by atomic mass is 10.0. The fourth-order valence-electron chi connectivity index (χ4n) is 1.76. The summed E-state index contributed by atoms with van der Waals surface area (Å²) in [5, 5.41) is 15.6. The Morgan fingerprint density at radius 1 is 1.18 bits per heavy atom. The second kappa shape index (κ2) is 6.64. The lowest BCUT2D eigenvalue weighted by molar-refractivity contribution is 0.131. The van der Waals surface area contributed by atoms with Gasteiger partial charge in [-0.1, -0.05) is 0 Å². The van der Waals surface area contributed by atoms with Gasteiger partial charge >= 0.3 is 0 Å². The van der Waals surface area contributed by atoms with E-state index in [-0.39, 0.29) is 6.04 Å². The van der Waals surface area contributed by atoms with Gasteiger partial charge in [-0.2, -0.15) is 0 Å². The van der Waals surface area contributed by atoms with Crippen molar-refractivity contribution >= 4 is 0 Å². The molecule has 96 valence electrons. The van der Waals surface area contributed by atoms with Crippen molar-refractivity contribution in [2.24, 2.45) is 0 Å². The monoisotopic (exact) mass is 244 g/mol. The first kappa shape index (κ1) is 14.0. The lowest BCUT2D eigenvalue weighted by Crippen LogP contribution is -2.44. The van der Waals surface area contributed by atoms with Gasteiger partial charge in [-0.15, -0.1) is 0 Å². The second-order valence-corrected chi connectivity index (χ2v) is 4.00. The molecule has 2 atom stereocenters. The van der Waals surface area contributed by atoms with Crippen LogP contribution in [-0.2, 0) is 6.42 Å². The van der Waals surface area contributed by atoms with Crippen molar-refractivity contribution in [3.63, 3.8) is 0 Å². The van der Waals surface area contributed by atoms with Crippen molar-refractivity contribution in [2.45, 2.75) is 18.6 Å². The van der Waals surface area contributed by atoms with E-state index < -0.39 is 17.7 Å². The van der Waals surface area contributed by atoms with E-state index in [0.717, 1.165) is 6.07 Å². The summed E-state index contributed by atoms with van der Waals surface area (Å²) >= 11 is 0. The summed E-state index contributed by atoms with van der Waals surface area (Å²) in [7, 11) is 3.44. The fraction of sp³-hybridized carbons (Fsp3) is 0.500. The zero-order valence-corrected chi connectivity index (χ0v) is 10.0. The molecule has 17 heavy (non-hydrogen) atoms. The van der Waals surface area contributed by atoms with Crippen LogP contribution in [0.2, 0.25) is 0 Å². The smallest absolute Gasteiger partial charge is 0.126 e. The number of aliphatic hydroxyl groups is 1. The van der Waals surface area contributed by atoms with E-state index in [1.165, 1.54) is 12.1 Å². The van der Waals surface area contributed by atoms with Crippen LogP contribution in [0.5, 0.6) is 0 Å². The molecule has 0 fully saturated rings. The third kappa shape index (κ3) is 4.38. The number of hydrogen-bond donors (Lipinski definition) is 3. The minimum atomic E-state index is -0.615. The molecule has 1 aromatic rings. The predicted octanol–water partition coefficient (Wildman–Crippen LogP) is 0.676. The third-order valence-corrected chi connectivity index (χ3v) is 2.63. The maximum absolute atomic E-state index is 13.0. The Labute approximate surface area is 99.8 Å². The standard InChI is InChI=1S/C12H18F2N2O/c1-15-7-12(17)11(16-2)5-8-3-9(13)6-10(14)4-8/h3-4,6,11-12,15-17H,5,7H2,1-2H3/t11-,12+/m0/s1. The molecule has 0 bridgehead atoms. The van der Waals surface area contributed by atoms with E-state index in [1.807, 2.05) is 0 Å². The van der Waals surface area contributed by atoms with Gasteiger partial charge in [0.15, 0.2) is 0 Å². The largest absolute Gasteiger partial charge is 0.390 e. The molecule has 0 spiro atoms. The molecule has 0 aliphatic rings. The van der Waals surface area contributed by atoms with Crippen LogP contribution in [0.3, 0.4) is 0 Å². The van der Waals surface area contributed by atoms with E-state index in [1.54, 1.807) is 14.1 Å². The maximum atomic E-state index is 13.0. The normalized spacial score (nSPS) is 14.6. The Balaban J connectivity index is 2.73. The molecule has 1 aromatic carbocycles. The molecular weight excluding hydrogens is 226 g/mol.